The predicted octanol–water partition coefficient (Wildman–Crippen LogP) is 5.89. The molecule has 9 N–H and O–H groups in total. The molecule has 0 bridgehead atoms. The lowest BCUT2D eigenvalue weighted by Crippen LogP contribution is -2.34. The summed E-state index contributed by atoms with van der Waals surface area (Å²) in [6, 6.07) is 0. The molecule has 0 aromatic carbocycles. The summed E-state index contributed by atoms with van der Waals surface area (Å²) in [5.41, 5.74) is -1.67. The van der Waals surface area contributed by atoms with E-state index in [1.807, 2.05) is 118 Å². The van der Waals surface area contributed by atoms with Crippen LogP contribution in [-0.2, 0) is 0 Å². The van der Waals surface area contributed by atoms with Gasteiger partial charge in [-0.2, -0.15) is 0 Å². The first-order valence-corrected chi connectivity index (χ1v) is 18.0. The van der Waals surface area contributed by atoms with Crippen LogP contribution in [0.2, 0.25) is 0 Å². The summed E-state index contributed by atoms with van der Waals surface area (Å²) >= 11 is 0. The van der Waals surface area contributed by atoms with E-state index in [0.29, 0.717) is 29.6 Å². The SMILES string of the molecule is CC(C)C(C)(CO)CO.CC(C)C(CO)CO.CC(C)[C@](C)(O)CO.CC[C@@H](O)C(C)C.CC[C@H](O)C(C)C.CC[C@](C)(O)C(C)C. The Kier molecular flexibility index (Phi) is 41.1. The van der Waals surface area contributed by atoms with E-state index < -0.39 is 11.2 Å². The van der Waals surface area contributed by atoms with Gasteiger partial charge in [0.1, 0.15) is 0 Å². The quantitative estimate of drug-likeness (QED) is 0.107. The maximum atomic E-state index is 9.40. The van der Waals surface area contributed by atoms with E-state index in [-0.39, 0.29) is 62.5 Å². The summed E-state index contributed by atoms with van der Waals surface area (Å²) in [6.07, 6.45) is 2.39. The Bertz CT molecular complexity index is 576. The molecule has 4 atom stereocenters. The van der Waals surface area contributed by atoms with Crippen molar-refractivity contribution in [2.24, 2.45) is 46.8 Å². The van der Waals surface area contributed by atoms with Gasteiger partial charge in [0.2, 0.25) is 0 Å². The molecule has 0 rings (SSSR count). The Labute approximate surface area is 292 Å². The molecule has 0 spiro atoms. The number of aliphatic hydroxyl groups is 9. The second-order valence-electron chi connectivity index (χ2n) is 15.5. The van der Waals surface area contributed by atoms with Crippen LogP contribution in [0.5, 0.6) is 0 Å². The van der Waals surface area contributed by atoms with Crippen LogP contribution in [-0.4, -0.2) is 102 Å². The molecule has 0 aromatic heterocycles. The van der Waals surface area contributed by atoms with Gasteiger partial charge in [0.15, 0.2) is 0 Å². The first-order valence-electron chi connectivity index (χ1n) is 18.0. The zero-order valence-corrected chi connectivity index (χ0v) is 34.4. The van der Waals surface area contributed by atoms with Crippen molar-refractivity contribution < 1.29 is 46.0 Å². The van der Waals surface area contributed by atoms with Gasteiger partial charge in [-0.15, -0.1) is 0 Å². The molecule has 0 aliphatic carbocycles. The third-order valence-electron chi connectivity index (χ3n) is 9.43. The molecule has 0 saturated heterocycles. The van der Waals surface area contributed by atoms with Crippen LogP contribution in [0.25, 0.3) is 0 Å². The van der Waals surface area contributed by atoms with Crippen LogP contribution in [0.15, 0.2) is 0 Å². The third kappa shape index (κ3) is 35.3. The van der Waals surface area contributed by atoms with Crippen molar-refractivity contribution in [3.8, 4) is 0 Å². The van der Waals surface area contributed by atoms with Crippen LogP contribution in [0.3, 0.4) is 0 Å². The molecular weight excluding hydrogens is 600 g/mol. The van der Waals surface area contributed by atoms with Crippen LogP contribution >= 0.6 is 0 Å². The normalized spacial score (nSPS) is 15.2. The standard InChI is InChI=1S/C7H16O2.C7H16O.2C6H14O2.2C6H14O/c1-6(2)7(3,4-8)5-9;1-5-7(4,8)6(2)3;1-5(2)6(3,8)4-7;1-5(2)6(3-7)4-8;2*1-4-6(7)5(2)3/h6,8-9H,4-5H2,1-3H3;6,8H,5H2,1-4H3;5,7-8H,4H2,1-3H3;5-8H,3-4H2,1-2H3;2*5-7H,4H2,1-3H3/t;7-;6-;;2*6-/m.01.10/s1. The van der Waals surface area contributed by atoms with Gasteiger partial charge in [-0.3, -0.25) is 0 Å². The minimum atomic E-state index is -0.903. The summed E-state index contributed by atoms with van der Waals surface area (Å²) in [7, 11) is 0. The first-order chi connectivity index (χ1) is 21.2. The molecule has 0 radical (unpaired) electrons. The van der Waals surface area contributed by atoms with E-state index in [1.165, 1.54) is 0 Å². The Morgan fingerprint density at radius 1 is 0.447 bits per heavy atom. The molecule has 0 heterocycles. The van der Waals surface area contributed by atoms with Crippen molar-refractivity contribution in [3.05, 3.63) is 0 Å². The van der Waals surface area contributed by atoms with Crippen LogP contribution < -0.4 is 0 Å². The summed E-state index contributed by atoms with van der Waals surface area (Å²) in [4.78, 5) is 0. The van der Waals surface area contributed by atoms with Gasteiger partial charge in [-0.05, 0) is 68.6 Å². The Hall–Kier alpha value is -0.360. The lowest BCUT2D eigenvalue weighted by atomic mass is 9.81. The van der Waals surface area contributed by atoms with E-state index in [0.717, 1.165) is 19.3 Å². The lowest BCUT2D eigenvalue weighted by molar-refractivity contribution is -0.0350. The minimum absolute atomic E-state index is 0.0567. The molecule has 0 amide bonds. The maximum Gasteiger partial charge on any atom is 0.0872 e. The highest BCUT2D eigenvalue weighted by atomic mass is 16.3. The molecule has 294 valence electrons. The van der Waals surface area contributed by atoms with Crippen LogP contribution in [0.1, 0.15) is 144 Å². The summed E-state index contributed by atoms with van der Waals surface area (Å²) in [6.45, 7) is 35.3. The molecule has 0 aliphatic heterocycles. The molecule has 0 aromatic rings. The van der Waals surface area contributed by atoms with Crippen molar-refractivity contribution in [3.63, 3.8) is 0 Å². The number of hydrogen-bond donors (Lipinski definition) is 9. The van der Waals surface area contributed by atoms with Gasteiger partial charge in [-0.1, -0.05) is 111 Å². The Morgan fingerprint density at radius 2 is 0.745 bits per heavy atom. The van der Waals surface area contributed by atoms with Crippen molar-refractivity contribution in [1.29, 1.82) is 0 Å². The Morgan fingerprint density at radius 3 is 0.745 bits per heavy atom. The smallest absolute Gasteiger partial charge is 0.0872 e. The molecular formula is C38H88O9. The number of hydrogen-bond acceptors (Lipinski definition) is 9. The molecule has 0 aliphatic rings. The second-order valence-corrected chi connectivity index (χ2v) is 15.5. The van der Waals surface area contributed by atoms with Crippen LogP contribution in [0.4, 0.5) is 0 Å². The van der Waals surface area contributed by atoms with Crippen molar-refractivity contribution >= 4 is 0 Å². The zero-order valence-electron chi connectivity index (χ0n) is 34.4. The molecule has 0 unspecified atom stereocenters. The summed E-state index contributed by atoms with van der Waals surface area (Å²) < 4.78 is 0. The van der Waals surface area contributed by atoms with Crippen molar-refractivity contribution in [1.82, 2.24) is 0 Å². The largest absolute Gasteiger partial charge is 0.396 e. The number of aliphatic hydroxyl groups excluding tert-OH is 7. The molecule has 0 fully saturated rings. The molecule has 9 heteroatoms. The van der Waals surface area contributed by atoms with E-state index in [1.54, 1.807) is 6.92 Å². The van der Waals surface area contributed by atoms with Crippen molar-refractivity contribution in [2.45, 2.75) is 167 Å². The fourth-order valence-corrected chi connectivity index (χ4v) is 2.43. The monoisotopic (exact) mass is 689 g/mol. The topological polar surface area (TPSA) is 182 Å². The van der Waals surface area contributed by atoms with Gasteiger partial charge in [-0.25, -0.2) is 0 Å². The molecule has 47 heavy (non-hydrogen) atoms. The molecule has 9 nitrogen and oxygen atoms in total. The van der Waals surface area contributed by atoms with Gasteiger partial charge in [0, 0.05) is 24.5 Å². The highest BCUT2D eigenvalue weighted by molar-refractivity contribution is 4.75. The van der Waals surface area contributed by atoms with Gasteiger partial charge in [0.05, 0.1) is 43.2 Å². The van der Waals surface area contributed by atoms with Crippen molar-refractivity contribution in [2.75, 3.05) is 33.0 Å². The molecule has 0 saturated carbocycles. The lowest BCUT2D eigenvalue weighted by Gasteiger charge is -2.28. The van der Waals surface area contributed by atoms with E-state index >= 15 is 0 Å². The minimum Gasteiger partial charge on any atom is -0.396 e. The fraction of sp³-hybridized carbons (Fsp3) is 1.00. The number of rotatable bonds is 14. The highest BCUT2D eigenvalue weighted by Crippen LogP contribution is 2.24. The Balaban J connectivity index is -0.000000108. The average molecular weight is 689 g/mol. The second kappa shape index (κ2) is 32.8. The van der Waals surface area contributed by atoms with Gasteiger partial charge in [0.25, 0.3) is 0 Å². The van der Waals surface area contributed by atoms with E-state index in [2.05, 4.69) is 0 Å². The van der Waals surface area contributed by atoms with Gasteiger partial charge >= 0.3 is 0 Å². The third-order valence-corrected chi connectivity index (χ3v) is 9.43. The predicted molar refractivity (Wildman–Crippen MR) is 200 cm³/mol. The maximum absolute atomic E-state index is 9.40. The fourth-order valence-electron chi connectivity index (χ4n) is 2.43. The first kappa shape index (κ1) is 58.8. The van der Waals surface area contributed by atoms with E-state index in [4.69, 9.17) is 40.9 Å². The summed E-state index contributed by atoms with van der Waals surface area (Å²) in [5.74, 6) is 2.10. The van der Waals surface area contributed by atoms with E-state index in [9.17, 15) is 5.11 Å². The average Bonchev–Trinajstić information content (AvgIpc) is 3.01. The van der Waals surface area contributed by atoms with Gasteiger partial charge < -0.3 is 46.0 Å². The van der Waals surface area contributed by atoms with Crippen LogP contribution in [0, 0.1) is 46.8 Å². The highest BCUT2D eigenvalue weighted by Gasteiger charge is 2.26. The summed E-state index contributed by atoms with van der Waals surface area (Å²) in [5, 5.41) is 79.6. The zero-order chi connectivity index (χ0) is 39.4.